The predicted octanol–water partition coefficient (Wildman–Crippen LogP) is 2.74. The third kappa shape index (κ3) is 6.35. The van der Waals surface area contributed by atoms with Gasteiger partial charge in [-0.15, -0.1) is 0 Å². The third-order valence-corrected chi connectivity index (χ3v) is 5.12. The molecule has 0 saturated carbocycles. The molecule has 5 heteroatoms. The van der Waals surface area contributed by atoms with Crippen LogP contribution in [0.25, 0.3) is 0 Å². The van der Waals surface area contributed by atoms with Crippen LogP contribution in [0.3, 0.4) is 0 Å². The van der Waals surface area contributed by atoms with Crippen molar-refractivity contribution < 1.29 is 9.59 Å². The van der Waals surface area contributed by atoms with Crippen LogP contribution in [0.5, 0.6) is 0 Å². The Morgan fingerprint density at radius 1 is 1.07 bits per heavy atom. The number of fused-ring (bicyclic) bond motifs is 1. The van der Waals surface area contributed by atoms with Crippen LogP contribution in [0.1, 0.15) is 52.7 Å². The lowest BCUT2D eigenvalue weighted by Crippen LogP contribution is -2.53. The number of carbonyl (C=O) groups is 2. The van der Waals surface area contributed by atoms with E-state index in [-0.39, 0.29) is 29.8 Å². The molecular formula is C22H35N3O2. The largest absolute Gasteiger partial charge is 0.350 e. The van der Waals surface area contributed by atoms with Crippen molar-refractivity contribution in [1.29, 1.82) is 0 Å². The monoisotopic (exact) mass is 373 g/mol. The zero-order valence-corrected chi connectivity index (χ0v) is 17.7. The van der Waals surface area contributed by atoms with Gasteiger partial charge < -0.3 is 10.6 Å². The normalized spacial score (nSPS) is 16.4. The smallest absolute Gasteiger partial charge is 0.239 e. The van der Waals surface area contributed by atoms with Crippen molar-refractivity contribution in [2.75, 3.05) is 19.6 Å². The quantitative estimate of drug-likeness (QED) is 0.834. The van der Waals surface area contributed by atoms with E-state index in [1.54, 1.807) is 0 Å². The molecule has 0 fully saturated rings. The number of hydrogen-bond acceptors (Lipinski definition) is 3. The Kier molecular flexibility index (Phi) is 6.68. The van der Waals surface area contributed by atoms with Crippen molar-refractivity contribution in [3.63, 3.8) is 0 Å². The summed E-state index contributed by atoms with van der Waals surface area (Å²) in [6.45, 7) is 14.7. The Balaban J connectivity index is 1.94. The molecular weight excluding hydrogens is 338 g/mol. The zero-order chi connectivity index (χ0) is 20.2. The van der Waals surface area contributed by atoms with Gasteiger partial charge in [0.2, 0.25) is 11.8 Å². The molecule has 2 rings (SSSR count). The molecule has 1 heterocycles. The lowest BCUT2D eigenvalue weighted by molar-refractivity contribution is -0.131. The van der Waals surface area contributed by atoms with Crippen LogP contribution < -0.4 is 10.6 Å². The summed E-state index contributed by atoms with van der Waals surface area (Å²) in [6, 6.07) is 8.59. The highest BCUT2D eigenvalue weighted by Gasteiger charge is 2.30. The Morgan fingerprint density at radius 2 is 1.70 bits per heavy atom. The van der Waals surface area contributed by atoms with Crippen molar-refractivity contribution in [1.82, 2.24) is 15.5 Å². The molecule has 1 aromatic rings. The molecule has 2 amide bonds. The van der Waals surface area contributed by atoms with E-state index in [1.165, 1.54) is 11.1 Å². The molecule has 0 radical (unpaired) electrons. The van der Waals surface area contributed by atoms with Gasteiger partial charge in [0, 0.05) is 31.1 Å². The molecule has 150 valence electrons. The summed E-state index contributed by atoms with van der Waals surface area (Å²) in [6.07, 6.45) is 1.04. The first-order chi connectivity index (χ1) is 12.5. The fourth-order valence-corrected chi connectivity index (χ4v) is 3.18. The Hall–Kier alpha value is -1.88. The molecule has 1 atom stereocenters. The van der Waals surface area contributed by atoms with Crippen LogP contribution in [0.4, 0.5) is 0 Å². The first-order valence-corrected chi connectivity index (χ1v) is 9.83. The van der Waals surface area contributed by atoms with Gasteiger partial charge in [-0.2, -0.15) is 0 Å². The van der Waals surface area contributed by atoms with Gasteiger partial charge in [0.05, 0.1) is 6.54 Å². The van der Waals surface area contributed by atoms with Crippen LogP contribution in [0.2, 0.25) is 0 Å². The van der Waals surface area contributed by atoms with E-state index in [4.69, 9.17) is 0 Å². The molecule has 1 aliphatic heterocycles. The van der Waals surface area contributed by atoms with Gasteiger partial charge in [-0.1, -0.05) is 65.8 Å². The average Bonchev–Trinajstić information content (AvgIpc) is 2.57. The molecule has 2 N–H and O–H groups in total. The van der Waals surface area contributed by atoms with E-state index in [9.17, 15) is 9.59 Å². The van der Waals surface area contributed by atoms with E-state index in [1.807, 2.05) is 20.8 Å². The van der Waals surface area contributed by atoms with E-state index in [0.29, 0.717) is 0 Å². The number of amides is 2. The van der Waals surface area contributed by atoms with Crippen LogP contribution in [-0.2, 0) is 22.6 Å². The molecule has 5 nitrogen and oxygen atoms in total. The lowest BCUT2D eigenvalue weighted by atomic mass is 9.85. The number of benzene rings is 1. The second kappa shape index (κ2) is 8.42. The van der Waals surface area contributed by atoms with Gasteiger partial charge in [-0.25, -0.2) is 0 Å². The number of rotatable bonds is 5. The van der Waals surface area contributed by atoms with Crippen molar-refractivity contribution >= 4 is 11.8 Å². The fraction of sp³-hybridized carbons (Fsp3) is 0.636. The van der Waals surface area contributed by atoms with Gasteiger partial charge in [0.1, 0.15) is 0 Å². The Bertz CT molecular complexity index is 671. The second-order valence-electron chi connectivity index (χ2n) is 9.67. The fourth-order valence-electron chi connectivity index (χ4n) is 3.18. The summed E-state index contributed by atoms with van der Waals surface area (Å²) in [7, 11) is 0. The van der Waals surface area contributed by atoms with Crippen LogP contribution in [-0.4, -0.2) is 42.4 Å². The van der Waals surface area contributed by atoms with E-state index in [2.05, 4.69) is 60.6 Å². The molecule has 0 spiro atoms. The SMILES string of the molecule is CC(C)(C)C(=O)NCC(=O)NC(CN1CCc2ccccc2C1)C(C)(C)C. The highest BCUT2D eigenvalue weighted by molar-refractivity contribution is 5.87. The highest BCUT2D eigenvalue weighted by Crippen LogP contribution is 2.24. The Morgan fingerprint density at radius 3 is 2.30 bits per heavy atom. The third-order valence-electron chi connectivity index (χ3n) is 5.12. The molecule has 1 aromatic carbocycles. The van der Waals surface area contributed by atoms with Gasteiger partial charge >= 0.3 is 0 Å². The summed E-state index contributed by atoms with van der Waals surface area (Å²) in [4.78, 5) is 26.8. The zero-order valence-electron chi connectivity index (χ0n) is 17.7. The minimum Gasteiger partial charge on any atom is -0.350 e. The molecule has 27 heavy (non-hydrogen) atoms. The average molecular weight is 374 g/mol. The van der Waals surface area contributed by atoms with Gasteiger partial charge in [0.15, 0.2) is 0 Å². The van der Waals surface area contributed by atoms with E-state index < -0.39 is 5.41 Å². The van der Waals surface area contributed by atoms with Gasteiger partial charge in [0.25, 0.3) is 0 Å². The van der Waals surface area contributed by atoms with E-state index >= 15 is 0 Å². The minimum absolute atomic E-state index is 0.0156. The van der Waals surface area contributed by atoms with Crippen molar-refractivity contribution in [2.45, 2.75) is 60.5 Å². The predicted molar refractivity (Wildman–Crippen MR) is 109 cm³/mol. The molecule has 0 aromatic heterocycles. The Labute approximate surface area is 163 Å². The maximum Gasteiger partial charge on any atom is 0.239 e. The van der Waals surface area contributed by atoms with Crippen molar-refractivity contribution in [3.05, 3.63) is 35.4 Å². The first-order valence-electron chi connectivity index (χ1n) is 9.83. The molecule has 0 aliphatic carbocycles. The van der Waals surface area contributed by atoms with Crippen LogP contribution in [0, 0.1) is 10.8 Å². The maximum absolute atomic E-state index is 12.4. The number of nitrogens with one attached hydrogen (secondary N) is 2. The summed E-state index contributed by atoms with van der Waals surface area (Å²) in [5.74, 6) is -0.248. The molecule has 1 unspecified atom stereocenters. The molecule has 0 saturated heterocycles. The minimum atomic E-state index is -0.495. The van der Waals surface area contributed by atoms with Crippen LogP contribution in [0.15, 0.2) is 24.3 Å². The number of nitrogens with zero attached hydrogens (tertiary/aromatic N) is 1. The first kappa shape index (κ1) is 21.4. The maximum atomic E-state index is 12.4. The van der Waals surface area contributed by atoms with Crippen LogP contribution >= 0.6 is 0 Å². The summed E-state index contributed by atoms with van der Waals surface area (Å²) in [5.41, 5.74) is 2.24. The van der Waals surface area contributed by atoms with Crippen molar-refractivity contribution in [2.24, 2.45) is 10.8 Å². The topological polar surface area (TPSA) is 61.4 Å². The summed E-state index contributed by atoms with van der Waals surface area (Å²) < 4.78 is 0. The van der Waals surface area contributed by atoms with Crippen molar-refractivity contribution in [3.8, 4) is 0 Å². The second-order valence-corrected chi connectivity index (χ2v) is 9.67. The highest BCUT2D eigenvalue weighted by atomic mass is 16.2. The van der Waals surface area contributed by atoms with E-state index in [0.717, 1.165) is 26.1 Å². The number of carbonyl (C=O) groups excluding carboxylic acids is 2. The lowest BCUT2D eigenvalue weighted by Gasteiger charge is -2.38. The summed E-state index contributed by atoms with van der Waals surface area (Å²) in [5, 5.41) is 5.87. The van der Waals surface area contributed by atoms with Gasteiger partial charge in [-0.3, -0.25) is 14.5 Å². The summed E-state index contributed by atoms with van der Waals surface area (Å²) >= 11 is 0. The number of hydrogen-bond donors (Lipinski definition) is 2. The standard InChI is InChI=1S/C22H35N3O2/c1-21(2,3)18(24-19(26)13-23-20(27)22(4,5)6)15-25-12-11-16-9-7-8-10-17(16)14-25/h7-10,18H,11-15H2,1-6H3,(H,23,27)(H,24,26). The molecule has 0 bridgehead atoms. The molecule has 1 aliphatic rings. The van der Waals surface area contributed by atoms with Gasteiger partial charge in [-0.05, 0) is 23.0 Å².